The first-order valence-electron chi connectivity index (χ1n) is 36.3. The molecule has 0 aliphatic heterocycles. The molecule has 1 unspecified atom stereocenters. The summed E-state index contributed by atoms with van der Waals surface area (Å²) < 4.78 is 17.0. The molecule has 0 saturated heterocycles. The lowest BCUT2D eigenvalue weighted by Gasteiger charge is -2.18. The second kappa shape index (κ2) is 70.6. The van der Waals surface area contributed by atoms with Crippen molar-refractivity contribution >= 4 is 17.9 Å². The molecule has 0 heterocycles. The molecule has 0 rings (SSSR count). The lowest BCUT2D eigenvalue weighted by Crippen LogP contribution is -2.30. The van der Waals surface area contributed by atoms with Gasteiger partial charge in [-0.05, 0) is 83.5 Å². The van der Waals surface area contributed by atoms with Gasteiger partial charge in [0.15, 0.2) is 6.10 Å². The average Bonchev–Trinajstić information content (AvgIpc) is 3.47. The van der Waals surface area contributed by atoms with Gasteiger partial charge in [-0.3, -0.25) is 14.4 Å². The van der Waals surface area contributed by atoms with E-state index in [0.29, 0.717) is 19.3 Å². The molecule has 0 amide bonds. The fourth-order valence-corrected chi connectivity index (χ4v) is 10.8. The number of esters is 3. The molecule has 6 heteroatoms. The third-order valence-corrected chi connectivity index (χ3v) is 16.3. The van der Waals surface area contributed by atoms with Crippen LogP contribution in [0.3, 0.4) is 0 Å². The Kier molecular flexibility index (Phi) is 68.1. The summed E-state index contributed by atoms with van der Waals surface area (Å²) in [6, 6.07) is 0. The Morgan fingerprint density at radius 3 is 0.756 bits per heavy atom. The molecule has 0 aliphatic rings. The third-order valence-electron chi connectivity index (χ3n) is 16.3. The molecule has 0 bridgehead atoms. The summed E-state index contributed by atoms with van der Waals surface area (Å²) in [7, 11) is 0. The SMILES string of the molecule is CC/C=C\C/C=C\C/C=C\C/C=C\CCCCCCCCC(=O)OC(COC(=O)CCCCCCCCC/C=C\CCCCCCCCC)COC(=O)CCCCCCCCCCCCCCCCCCCCCCCCCCCCC. The molecule has 1 atom stereocenters. The van der Waals surface area contributed by atoms with Crippen LogP contribution >= 0.6 is 0 Å². The summed E-state index contributed by atoms with van der Waals surface area (Å²) in [6.45, 7) is 6.58. The summed E-state index contributed by atoms with van der Waals surface area (Å²) in [5, 5.41) is 0. The first-order chi connectivity index (χ1) is 40.5. The maximum absolute atomic E-state index is 13.0. The highest BCUT2D eigenvalue weighted by Crippen LogP contribution is 2.18. The van der Waals surface area contributed by atoms with Crippen molar-refractivity contribution in [3.63, 3.8) is 0 Å². The lowest BCUT2D eigenvalue weighted by molar-refractivity contribution is -0.167. The molecule has 6 nitrogen and oxygen atoms in total. The van der Waals surface area contributed by atoms with Crippen LogP contribution in [-0.2, 0) is 28.6 Å². The van der Waals surface area contributed by atoms with Crippen LogP contribution in [0.5, 0.6) is 0 Å². The van der Waals surface area contributed by atoms with E-state index in [1.165, 1.54) is 250 Å². The summed E-state index contributed by atoms with van der Waals surface area (Å²) in [5.74, 6) is -0.871. The highest BCUT2D eigenvalue weighted by molar-refractivity contribution is 5.71. The topological polar surface area (TPSA) is 78.9 Å². The van der Waals surface area contributed by atoms with Gasteiger partial charge in [-0.15, -0.1) is 0 Å². The van der Waals surface area contributed by atoms with Gasteiger partial charge in [0.1, 0.15) is 13.2 Å². The third kappa shape index (κ3) is 67.9. The van der Waals surface area contributed by atoms with E-state index in [2.05, 4.69) is 81.5 Å². The number of unbranched alkanes of at least 4 members (excludes halogenated alkanes) is 46. The molecule has 0 saturated carbocycles. The zero-order valence-corrected chi connectivity index (χ0v) is 55.0. The van der Waals surface area contributed by atoms with Gasteiger partial charge >= 0.3 is 17.9 Å². The molecule has 478 valence electrons. The molecule has 82 heavy (non-hydrogen) atoms. The number of allylic oxidation sites excluding steroid dienone is 10. The van der Waals surface area contributed by atoms with Crippen molar-refractivity contribution in [2.75, 3.05) is 13.2 Å². The van der Waals surface area contributed by atoms with Gasteiger partial charge < -0.3 is 14.2 Å². The monoisotopic (exact) mass is 1150 g/mol. The maximum atomic E-state index is 13.0. The van der Waals surface area contributed by atoms with Crippen LogP contribution in [0, 0.1) is 0 Å². The largest absolute Gasteiger partial charge is 0.462 e. The van der Waals surface area contributed by atoms with Crippen LogP contribution in [0.1, 0.15) is 387 Å². The quantitative estimate of drug-likeness (QED) is 0.0261. The van der Waals surface area contributed by atoms with Crippen LogP contribution in [0.4, 0.5) is 0 Å². The molecule has 0 fully saturated rings. The zero-order valence-electron chi connectivity index (χ0n) is 55.0. The number of rotatable bonds is 67. The highest BCUT2D eigenvalue weighted by Gasteiger charge is 2.19. The molecular weight excluding hydrogens is 1010 g/mol. The predicted molar refractivity (Wildman–Crippen MR) is 358 cm³/mol. The van der Waals surface area contributed by atoms with E-state index in [4.69, 9.17) is 14.2 Å². The standard InChI is InChI=1S/C76H138O6/c1-4-7-10-13-16-19-22-25-28-31-34-35-36-37-38-39-40-41-43-45-48-51-54-57-60-63-66-69-75(78)81-72-73(71-80-74(77)68-65-62-59-56-53-50-47-44-33-30-27-24-21-18-15-12-9-6-3)82-76(79)70-67-64-61-58-55-52-49-46-42-32-29-26-23-20-17-14-11-8-5-2/h8,11,17,20,26,29-30,33,42,46,73H,4-7,9-10,12-16,18-19,21-25,27-28,31-32,34-41,43-45,47-72H2,1-3H3/b11-8-,20-17-,29-26-,33-30-,46-42-. The van der Waals surface area contributed by atoms with Crippen LogP contribution in [0.2, 0.25) is 0 Å². The molecule has 0 aromatic carbocycles. The van der Waals surface area contributed by atoms with Gasteiger partial charge in [-0.1, -0.05) is 345 Å². The Hall–Kier alpha value is -2.89. The second-order valence-electron chi connectivity index (χ2n) is 24.5. The minimum absolute atomic E-state index is 0.0778. The Bertz CT molecular complexity index is 1460. The maximum Gasteiger partial charge on any atom is 0.306 e. The van der Waals surface area contributed by atoms with Crippen LogP contribution < -0.4 is 0 Å². The van der Waals surface area contributed by atoms with Crippen molar-refractivity contribution in [1.29, 1.82) is 0 Å². The Balaban J connectivity index is 4.29. The van der Waals surface area contributed by atoms with Gasteiger partial charge in [0.25, 0.3) is 0 Å². The van der Waals surface area contributed by atoms with Crippen LogP contribution in [-0.4, -0.2) is 37.2 Å². The average molecular weight is 1150 g/mol. The molecule has 0 aromatic heterocycles. The van der Waals surface area contributed by atoms with E-state index < -0.39 is 6.10 Å². The summed E-state index contributed by atoms with van der Waals surface area (Å²) in [4.78, 5) is 38.5. The van der Waals surface area contributed by atoms with E-state index >= 15 is 0 Å². The number of hydrogen-bond acceptors (Lipinski definition) is 6. The van der Waals surface area contributed by atoms with Crippen molar-refractivity contribution < 1.29 is 28.6 Å². The first kappa shape index (κ1) is 79.1. The van der Waals surface area contributed by atoms with E-state index in [-0.39, 0.29) is 31.1 Å². The van der Waals surface area contributed by atoms with Gasteiger partial charge in [0.2, 0.25) is 0 Å². The Labute approximate surface area is 510 Å². The molecule has 0 aliphatic carbocycles. The van der Waals surface area contributed by atoms with Gasteiger partial charge in [-0.2, -0.15) is 0 Å². The minimum Gasteiger partial charge on any atom is -0.462 e. The van der Waals surface area contributed by atoms with Crippen molar-refractivity contribution in [2.45, 2.75) is 393 Å². The van der Waals surface area contributed by atoms with Crippen LogP contribution in [0.15, 0.2) is 60.8 Å². The fourth-order valence-electron chi connectivity index (χ4n) is 10.8. The summed E-state index contributed by atoms with van der Waals surface area (Å²) in [5.41, 5.74) is 0. The predicted octanol–water partition coefficient (Wildman–Crippen LogP) is 25.1. The molecular formula is C76H138O6. The fraction of sp³-hybridized carbons (Fsp3) is 0.829. The normalized spacial score (nSPS) is 12.4. The van der Waals surface area contributed by atoms with E-state index in [1.54, 1.807) is 0 Å². The van der Waals surface area contributed by atoms with E-state index in [1.807, 2.05) is 0 Å². The first-order valence-corrected chi connectivity index (χ1v) is 36.3. The molecule has 0 radical (unpaired) electrons. The second-order valence-corrected chi connectivity index (χ2v) is 24.5. The van der Waals surface area contributed by atoms with Crippen LogP contribution in [0.25, 0.3) is 0 Å². The highest BCUT2D eigenvalue weighted by atomic mass is 16.6. The lowest BCUT2D eigenvalue weighted by atomic mass is 10.0. The van der Waals surface area contributed by atoms with Gasteiger partial charge in [-0.25, -0.2) is 0 Å². The molecule has 0 N–H and O–H groups in total. The van der Waals surface area contributed by atoms with Gasteiger partial charge in [0.05, 0.1) is 0 Å². The van der Waals surface area contributed by atoms with Crippen molar-refractivity contribution in [1.82, 2.24) is 0 Å². The number of carbonyl (C=O) groups excluding carboxylic acids is 3. The van der Waals surface area contributed by atoms with E-state index in [0.717, 1.165) is 96.3 Å². The summed E-state index contributed by atoms with van der Waals surface area (Å²) >= 11 is 0. The van der Waals surface area contributed by atoms with E-state index in [9.17, 15) is 14.4 Å². The Morgan fingerprint density at radius 2 is 0.476 bits per heavy atom. The zero-order chi connectivity index (χ0) is 59.2. The molecule has 0 aromatic rings. The van der Waals surface area contributed by atoms with Crippen molar-refractivity contribution in [3.05, 3.63) is 60.8 Å². The number of hydrogen-bond donors (Lipinski definition) is 0. The van der Waals surface area contributed by atoms with Crippen molar-refractivity contribution in [2.24, 2.45) is 0 Å². The smallest absolute Gasteiger partial charge is 0.306 e. The number of ether oxygens (including phenoxy) is 3. The number of carbonyl (C=O) groups is 3. The van der Waals surface area contributed by atoms with Crippen molar-refractivity contribution in [3.8, 4) is 0 Å². The van der Waals surface area contributed by atoms with Gasteiger partial charge in [0, 0.05) is 19.3 Å². The Morgan fingerprint density at radius 1 is 0.256 bits per heavy atom. The summed E-state index contributed by atoms with van der Waals surface area (Å²) in [6.07, 6.45) is 91.1. The minimum atomic E-state index is -0.785. The molecule has 0 spiro atoms.